The van der Waals surface area contributed by atoms with E-state index in [4.69, 9.17) is 9.47 Å². The van der Waals surface area contributed by atoms with Crippen molar-refractivity contribution in [2.75, 3.05) is 56.4 Å². The second-order valence-electron chi connectivity index (χ2n) is 7.80. The lowest BCUT2D eigenvalue weighted by atomic mass is 10.2. The predicted molar refractivity (Wildman–Crippen MR) is 143 cm³/mol. The quantitative estimate of drug-likeness (QED) is 0.257. The van der Waals surface area contributed by atoms with E-state index in [1.807, 2.05) is 29.2 Å². The van der Waals surface area contributed by atoms with Gasteiger partial charge in [0.1, 0.15) is 0 Å². The Morgan fingerprint density at radius 1 is 1.03 bits per heavy atom. The van der Waals surface area contributed by atoms with E-state index in [0.29, 0.717) is 34.1 Å². The maximum absolute atomic E-state index is 12.7. The van der Waals surface area contributed by atoms with Gasteiger partial charge in [0.2, 0.25) is 16.9 Å². The van der Waals surface area contributed by atoms with Crippen molar-refractivity contribution >= 4 is 51.8 Å². The van der Waals surface area contributed by atoms with Gasteiger partial charge in [0.25, 0.3) is 0 Å². The van der Waals surface area contributed by atoms with Gasteiger partial charge in [0.05, 0.1) is 20.0 Å². The molecule has 1 saturated heterocycles. The fourth-order valence-electron chi connectivity index (χ4n) is 3.66. The van der Waals surface area contributed by atoms with Gasteiger partial charge in [-0.15, -0.1) is 10.2 Å². The monoisotopic (exact) mass is 525 g/mol. The van der Waals surface area contributed by atoms with Crippen molar-refractivity contribution in [2.24, 2.45) is 0 Å². The van der Waals surface area contributed by atoms with Crippen LogP contribution in [0.15, 0.2) is 58.9 Å². The van der Waals surface area contributed by atoms with E-state index >= 15 is 0 Å². The lowest BCUT2D eigenvalue weighted by molar-refractivity contribution is -0.128. The van der Waals surface area contributed by atoms with Crippen LogP contribution in [0.5, 0.6) is 11.5 Å². The number of carbonyl (C=O) groups is 2. The molecule has 3 aromatic rings. The molecule has 0 saturated carbocycles. The van der Waals surface area contributed by atoms with Gasteiger partial charge >= 0.3 is 0 Å². The Kier molecular flexibility index (Phi) is 8.80. The third-order valence-electron chi connectivity index (χ3n) is 5.54. The SMILES string of the molecule is COc1ccc(/C=C/C(=O)Nc2nnc(SCC(=O)N3CCN(c4ccccc4)CC3)s2)cc1OC. The van der Waals surface area contributed by atoms with E-state index in [9.17, 15) is 9.59 Å². The molecule has 0 radical (unpaired) electrons. The number of anilines is 2. The first-order valence-electron chi connectivity index (χ1n) is 11.3. The molecule has 1 fully saturated rings. The Hall–Kier alpha value is -3.57. The van der Waals surface area contributed by atoms with Crippen molar-refractivity contribution in [3.63, 3.8) is 0 Å². The van der Waals surface area contributed by atoms with Crippen LogP contribution in [0.3, 0.4) is 0 Å². The zero-order chi connectivity index (χ0) is 25.3. The number of piperazine rings is 1. The summed E-state index contributed by atoms with van der Waals surface area (Å²) in [4.78, 5) is 29.1. The molecular formula is C25H27N5O4S2. The summed E-state index contributed by atoms with van der Waals surface area (Å²) in [7, 11) is 3.13. The molecule has 1 aliphatic rings. The van der Waals surface area contributed by atoms with Crippen molar-refractivity contribution in [1.29, 1.82) is 0 Å². The van der Waals surface area contributed by atoms with Crippen LogP contribution < -0.4 is 19.7 Å². The van der Waals surface area contributed by atoms with Crippen LogP contribution in [-0.4, -0.2) is 73.1 Å². The van der Waals surface area contributed by atoms with Gasteiger partial charge < -0.3 is 19.3 Å². The summed E-state index contributed by atoms with van der Waals surface area (Å²) in [6, 6.07) is 15.6. The van der Waals surface area contributed by atoms with Crippen LogP contribution in [0.4, 0.5) is 10.8 Å². The molecule has 2 heterocycles. The molecule has 0 bridgehead atoms. The highest BCUT2D eigenvalue weighted by Crippen LogP contribution is 2.28. The fourth-order valence-corrected chi connectivity index (χ4v) is 5.32. The topological polar surface area (TPSA) is 96.9 Å². The van der Waals surface area contributed by atoms with E-state index in [1.54, 1.807) is 32.4 Å². The fraction of sp³-hybridized carbons (Fsp3) is 0.280. The van der Waals surface area contributed by atoms with Gasteiger partial charge in [0.15, 0.2) is 15.8 Å². The molecule has 1 N–H and O–H groups in total. The average molecular weight is 526 g/mol. The normalized spacial score (nSPS) is 13.6. The molecule has 0 unspecified atom stereocenters. The molecule has 36 heavy (non-hydrogen) atoms. The van der Waals surface area contributed by atoms with Crippen molar-refractivity contribution in [2.45, 2.75) is 4.34 Å². The summed E-state index contributed by atoms with van der Waals surface area (Å²) in [6.45, 7) is 3.01. The minimum Gasteiger partial charge on any atom is -0.493 e. The molecule has 1 aromatic heterocycles. The highest BCUT2D eigenvalue weighted by atomic mass is 32.2. The third-order valence-corrected chi connectivity index (χ3v) is 7.50. The summed E-state index contributed by atoms with van der Waals surface area (Å²) in [5.41, 5.74) is 1.97. The number of rotatable bonds is 9. The van der Waals surface area contributed by atoms with Gasteiger partial charge in [-0.3, -0.25) is 14.9 Å². The molecule has 0 aliphatic carbocycles. The van der Waals surface area contributed by atoms with Gasteiger partial charge in [-0.25, -0.2) is 0 Å². The Morgan fingerprint density at radius 2 is 1.78 bits per heavy atom. The summed E-state index contributed by atoms with van der Waals surface area (Å²) < 4.78 is 11.1. The van der Waals surface area contributed by atoms with E-state index in [0.717, 1.165) is 18.7 Å². The second kappa shape index (κ2) is 12.4. The van der Waals surface area contributed by atoms with Crippen molar-refractivity contribution in [3.8, 4) is 11.5 Å². The number of hydrogen-bond donors (Lipinski definition) is 1. The Balaban J connectivity index is 1.22. The molecule has 11 heteroatoms. The third kappa shape index (κ3) is 6.76. The molecule has 1 aliphatic heterocycles. The largest absolute Gasteiger partial charge is 0.493 e. The Bertz CT molecular complexity index is 1210. The molecule has 9 nitrogen and oxygen atoms in total. The van der Waals surface area contributed by atoms with Gasteiger partial charge in [-0.05, 0) is 35.9 Å². The predicted octanol–water partition coefficient (Wildman–Crippen LogP) is 3.65. The zero-order valence-corrected chi connectivity index (χ0v) is 21.7. The summed E-state index contributed by atoms with van der Waals surface area (Å²) >= 11 is 2.57. The number of aromatic nitrogens is 2. The number of methoxy groups -OCH3 is 2. The lowest BCUT2D eigenvalue weighted by Gasteiger charge is -2.36. The van der Waals surface area contributed by atoms with Gasteiger partial charge in [-0.2, -0.15) is 0 Å². The summed E-state index contributed by atoms with van der Waals surface area (Å²) in [6.07, 6.45) is 3.08. The molecule has 4 rings (SSSR count). The minimum atomic E-state index is -0.329. The number of benzene rings is 2. The molecule has 0 spiro atoms. The smallest absolute Gasteiger partial charge is 0.250 e. The number of nitrogens with one attached hydrogen (secondary N) is 1. The first-order valence-corrected chi connectivity index (χ1v) is 13.1. The van der Waals surface area contributed by atoms with Crippen molar-refractivity contribution < 1.29 is 19.1 Å². The van der Waals surface area contributed by atoms with Gasteiger partial charge in [-0.1, -0.05) is 47.4 Å². The maximum atomic E-state index is 12.7. The standard InChI is InChI=1S/C25H27N5O4S2/c1-33-20-10-8-18(16-21(20)34-2)9-11-22(31)26-24-27-28-25(36-24)35-17-23(32)30-14-12-29(13-15-30)19-6-4-3-5-7-19/h3-11,16H,12-15,17H2,1-2H3,(H,26,27,31)/b11-9+. The van der Waals surface area contributed by atoms with Crippen LogP contribution in [0.1, 0.15) is 5.56 Å². The second-order valence-corrected chi connectivity index (χ2v) is 10.0. The number of ether oxygens (including phenoxy) is 2. The Morgan fingerprint density at radius 3 is 2.50 bits per heavy atom. The molecule has 188 valence electrons. The van der Waals surface area contributed by atoms with Crippen LogP contribution >= 0.6 is 23.1 Å². The first-order chi connectivity index (χ1) is 17.6. The van der Waals surface area contributed by atoms with Crippen LogP contribution in [0, 0.1) is 0 Å². The Labute approximate surface area is 218 Å². The van der Waals surface area contributed by atoms with Crippen molar-refractivity contribution in [1.82, 2.24) is 15.1 Å². The lowest BCUT2D eigenvalue weighted by Crippen LogP contribution is -2.49. The summed E-state index contributed by atoms with van der Waals surface area (Å²) in [5.74, 6) is 1.23. The molecular weight excluding hydrogens is 498 g/mol. The minimum absolute atomic E-state index is 0.0753. The number of thioether (sulfide) groups is 1. The van der Waals surface area contributed by atoms with E-state index in [1.165, 1.54) is 34.9 Å². The van der Waals surface area contributed by atoms with Crippen LogP contribution in [0.2, 0.25) is 0 Å². The highest BCUT2D eigenvalue weighted by Gasteiger charge is 2.21. The van der Waals surface area contributed by atoms with Crippen LogP contribution in [0.25, 0.3) is 6.08 Å². The number of hydrogen-bond acceptors (Lipinski definition) is 9. The summed E-state index contributed by atoms with van der Waals surface area (Å²) in [5, 5.41) is 11.2. The number of para-hydroxylation sites is 1. The molecule has 2 amide bonds. The zero-order valence-electron chi connectivity index (χ0n) is 20.0. The number of nitrogens with zero attached hydrogens (tertiary/aromatic N) is 4. The maximum Gasteiger partial charge on any atom is 0.250 e. The van der Waals surface area contributed by atoms with E-state index < -0.39 is 0 Å². The number of carbonyl (C=O) groups excluding carboxylic acids is 2. The highest BCUT2D eigenvalue weighted by molar-refractivity contribution is 8.01. The first kappa shape index (κ1) is 25.5. The molecule has 0 atom stereocenters. The van der Waals surface area contributed by atoms with Crippen molar-refractivity contribution in [3.05, 3.63) is 60.2 Å². The van der Waals surface area contributed by atoms with E-state index in [-0.39, 0.29) is 17.6 Å². The number of amides is 2. The average Bonchev–Trinajstić information content (AvgIpc) is 3.38. The van der Waals surface area contributed by atoms with Crippen LogP contribution in [-0.2, 0) is 9.59 Å². The van der Waals surface area contributed by atoms with E-state index in [2.05, 4.69) is 32.5 Å². The van der Waals surface area contributed by atoms with Gasteiger partial charge in [0, 0.05) is 37.9 Å². The molecule has 2 aromatic carbocycles.